The van der Waals surface area contributed by atoms with Crippen LogP contribution in [0.2, 0.25) is 0 Å². The van der Waals surface area contributed by atoms with Crippen molar-refractivity contribution in [3.05, 3.63) is 46.3 Å². The highest BCUT2D eigenvalue weighted by atomic mass is 127. The van der Waals surface area contributed by atoms with E-state index in [4.69, 9.17) is 4.74 Å². The van der Waals surface area contributed by atoms with Gasteiger partial charge in [-0.3, -0.25) is 9.67 Å². The molecule has 6 nitrogen and oxygen atoms in total. The predicted octanol–water partition coefficient (Wildman–Crippen LogP) is 3.66. The zero-order valence-corrected chi connectivity index (χ0v) is 20.8. The van der Waals surface area contributed by atoms with E-state index in [2.05, 4.69) is 59.0 Å². The Balaban J connectivity index is 0.00000392. The highest BCUT2D eigenvalue weighted by molar-refractivity contribution is 14.0. The lowest BCUT2D eigenvalue weighted by molar-refractivity contribution is 0.182. The number of hydrogen-bond acceptors (Lipinski definition) is 4. The minimum Gasteiger partial charge on any atom is -0.383 e. The third kappa shape index (κ3) is 6.66. The molecule has 0 aliphatic carbocycles. The van der Waals surface area contributed by atoms with Gasteiger partial charge in [0.1, 0.15) is 0 Å². The predicted molar refractivity (Wildman–Crippen MR) is 129 cm³/mol. The summed E-state index contributed by atoms with van der Waals surface area (Å²) >= 11 is 1.77. The number of guanidine groups is 1. The lowest BCUT2D eigenvalue weighted by Gasteiger charge is -2.14. The van der Waals surface area contributed by atoms with Crippen LogP contribution in [0, 0.1) is 20.8 Å². The summed E-state index contributed by atoms with van der Waals surface area (Å²) in [6.45, 7) is 9.11. The lowest BCUT2D eigenvalue weighted by Crippen LogP contribution is -2.36. The number of thioether (sulfide) groups is 1. The van der Waals surface area contributed by atoms with Crippen LogP contribution >= 0.6 is 35.7 Å². The highest BCUT2D eigenvalue weighted by Crippen LogP contribution is 2.21. The molecule has 0 unspecified atom stereocenters. The number of aromatic nitrogens is 2. The summed E-state index contributed by atoms with van der Waals surface area (Å²) in [5.41, 5.74) is 5.96. The molecule has 0 fully saturated rings. The minimum atomic E-state index is 0. The van der Waals surface area contributed by atoms with Crippen LogP contribution in [0.5, 0.6) is 0 Å². The Morgan fingerprint density at radius 2 is 1.93 bits per heavy atom. The molecule has 0 radical (unpaired) electrons. The molecule has 0 amide bonds. The SMILES string of the molecule is CN=C(NCc1ccc(C)cc1SC)NCc1c(C)nn(CCOC)c1C.I. The van der Waals surface area contributed by atoms with E-state index in [-0.39, 0.29) is 24.0 Å². The van der Waals surface area contributed by atoms with Gasteiger partial charge in [0.25, 0.3) is 0 Å². The number of benzene rings is 1. The molecule has 0 aliphatic rings. The van der Waals surface area contributed by atoms with Gasteiger partial charge < -0.3 is 15.4 Å². The fourth-order valence-corrected chi connectivity index (χ4v) is 3.66. The molecule has 0 bridgehead atoms. The third-order valence-electron chi connectivity index (χ3n) is 4.58. The molecule has 0 atom stereocenters. The second kappa shape index (κ2) is 12.3. The van der Waals surface area contributed by atoms with Crippen LogP contribution in [0.4, 0.5) is 0 Å². The first-order valence-corrected chi connectivity index (χ1v) is 10.3. The Hall–Kier alpha value is -1.26. The van der Waals surface area contributed by atoms with Crippen molar-refractivity contribution in [1.29, 1.82) is 0 Å². The van der Waals surface area contributed by atoms with Crippen LogP contribution in [0.25, 0.3) is 0 Å². The molecule has 0 aliphatic heterocycles. The van der Waals surface area contributed by atoms with Crippen molar-refractivity contribution in [3.8, 4) is 0 Å². The average Bonchev–Trinajstić information content (AvgIpc) is 2.94. The molecule has 8 heteroatoms. The number of aliphatic imine (C=N–C) groups is 1. The van der Waals surface area contributed by atoms with Crippen LogP contribution in [0.3, 0.4) is 0 Å². The molecule has 156 valence electrons. The van der Waals surface area contributed by atoms with Crippen molar-refractivity contribution in [2.45, 2.75) is 45.3 Å². The zero-order chi connectivity index (χ0) is 19.8. The molecular weight excluding hydrogens is 485 g/mol. The quantitative estimate of drug-likeness (QED) is 0.242. The number of nitrogens with one attached hydrogen (secondary N) is 2. The molecule has 2 N–H and O–H groups in total. The highest BCUT2D eigenvalue weighted by Gasteiger charge is 2.12. The Labute approximate surface area is 189 Å². The van der Waals surface area contributed by atoms with E-state index in [1.165, 1.54) is 21.6 Å². The molecule has 1 aromatic heterocycles. The van der Waals surface area contributed by atoms with Gasteiger partial charge in [-0.25, -0.2) is 0 Å². The Morgan fingerprint density at radius 1 is 1.21 bits per heavy atom. The Morgan fingerprint density at radius 3 is 2.57 bits per heavy atom. The fourth-order valence-electron chi connectivity index (χ4n) is 2.95. The monoisotopic (exact) mass is 517 g/mol. The van der Waals surface area contributed by atoms with Gasteiger partial charge >= 0.3 is 0 Å². The second-order valence-electron chi connectivity index (χ2n) is 6.46. The Kier molecular flexibility index (Phi) is 10.9. The van der Waals surface area contributed by atoms with Gasteiger partial charge in [0.2, 0.25) is 0 Å². The zero-order valence-electron chi connectivity index (χ0n) is 17.6. The Bertz CT molecular complexity index is 791. The molecule has 28 heavy (non-hydrogen) atoms. The maximum absolute atomic E-state index is 5.16. The van der Waals surface area contributed by atoms with Crippen molar-refractivity contribution < 1.29 is 4.74 Å². The summed E-state index contributed by atoms with van der Waals surface area (Å²) in [6.07, 6.45) is 2.11. The number of halogens is 1. The van der Waals surface area contributed by atoms with Crippen molar-refractivity contribution in [1.82, 2.24) is 20.4 Å². The molecule has 0 saturated heterocycles. The maximum atomic E-state index is 5.16. The normalized spacial score (nSPS) is 11.3. The fraction of sp³-hybridized carbons (Fsp3) is 0.500. The third-order valence-corrected chi connectivity index (χ3v) is 5.40. The molecule has 2 rings (SSSR count). The molecule has 0 spiro atoms. The number of methoxy groups -OCH3 is 1. The van der Waals surface area contributed by atoms with Crippen LogP contribution in [0.1, 0.15) is 28.1 Å². The van der Waals surface area contributed by atoms with Crippen molar-refractivity contribution >= 4 is 41.7 Å². The summed E-state index contributed by atoms with van der Waals surface area (Å²) in [6, 6.07) is 6.54. The van der Waals surface area contributed by atoms with E-state index in [0.29, 0.717) is 13.2 Å². The number of hydrogen-bond donors (Lipinski definition) is 2. The largest absolute Gasteiger partial charge is 0.383 e. The molecule has 0 saturated carbocycles. The van der Waals surface area contributed by atoms with Crippen molar-refractivity contribution in [2.75, 3.05) is 27.0 Å². The van der Waals surface area contributed by atoms with Crippen LogP contribution in [0.15, 0.2) is 28.1 Å². The summed E-state index contributed by atoms with van der Waals surface area (Å²) in [5, 5.41) is 11.4. The lowest BCUT2D eigenvalue weighted by atomic mass is 10.1. The van der Waals surface area contributed by atoms with Gasteiger partial charge in [-0.1, -0.05) is 12.1 Å². The minimum absolute atomic E-state index is 0. The molecule has 1 heterocycles. The maximum Gasteiger partial charge on any atom is 0.191 e. The summed E-state index contributed by atoms with van der Waals surface area (Å²) in [5.74, 6) is 0.783. The van der Waals surface area contributed by atoms with Gasteiger partial charge in [0, 0.05) is 43.4 Å². The smallest absolute Gasteiger partial charge is 0.191 e. The topological polar surface area (TPSA) is 63.5 Å². The van der Waals surface area contributed by atoms with E-state index in [0.717, 1.165) is 30.4 Å². The average molecular weight is 517 g/mol. The van der Waals surface area contributed by atoms with Gasteiger partial charge in [-0.2, -0.15) is 5.10 Å². The van der Waals surface area contributed by atoms with Gasteiger partial charge in [0.15, 0.2) is 5.96 Å². The molecule has 1 aromatic carbocycles. The van der Waals surface area contributed by atoms with Gasteiger partial charge in [-0.05, 0) is 44.2 Å². The van der Waals surface area contributed by atoms with Crippen LogP contribution in [-0.4, -0.2) is 42.8 Å². The van der Waals surface area contributed by atoms with E-state index in [1.807, 2.05) is 11.6 Å². The van der Waals surface area contributed by atoms with Gasteiger partial charge in [0.05, 0.1) is 18.8 Å². The molecule has 2 aromatic rings. The van der Waals surface area contributed by atoms with Crippen molar-refractivity contribution in [2.24, 2.45) is 4.99 Å². The summed E-state index contributed by atoms with van der Waals surface area (Å²) in [7, 11) is 3.50. The number of ether oxygens (including phenoxy) is 1. The number of nitrogens with zero attached hydrogens (tertiary/aromatic N) is 3. The van der Waals surface area contributed by atoms with E-state index in [9.17, 15) is 0 Å². The number of rotatable bonds is 8. The van der Waals surface area contributed by atoms with Gasteiger partial charge in [-0.15, -0.1) is 35.7 Å². The van der Waals surface area contributed by atoms with E-state index in [1.54, 1.807) is 25.9 Å². The van der Waals surface area contributed by atoms with Crippen LogP contribution < -0.4 is 10.6 Å². The summed E-state index contributed by atoms with van der Waals surface area (Å²) in [4.78, 5) is 5.64. The van der Waals surface area contributed by atoms with Crippen molar-refractivity contribution in [3.63, 3.8) is 0 Å². The first kappa shape index (κ1) is 24.8. The van der Waals surface area contributed by atoms with E-state index < -0.39 is 0 Å². The first-order valence-electron chi connectivity index (χ1n) is 9.10. The first-order chi connectivity index (χ1) is 13.0. The van der Waals surface area contributed by atoms with E-state index >= 15 is 0 Å². The standard InChI is InChI=1S/C20H31N5OS.HI/c1-14-7-8-17(19(11-14)27-6)12-22-20(21-4)23-13-18-15(2)24-25(16(18)3)9-10-26-5;/h7-8,11H,9-10,12-13H2,1-6H3,(H2,21,22,23);1H. The second-order valence-corrected chi connectivity index (χ2v) is 7.31. The molecular formula is C20H32IN5OS. The summed E-state index contributed by atoms with van der Waals surface area (Å²) < 4.78 is 7.16. The van der Waals surface area contributed by atoms with Crippen LogP contribution in [-0.2, 0) is 24.4 Å². The number of aryl methyl sites for hydroxylation is 2.